The average molecular weight is 281 g/mol. The molecule has 0 spiro atoms. The van der Waals surface area contributed by atoms with Crippen LogP contribution in [0.2, 0.25) is 5.02 Å². The van der Waals surface area contributed by atoms with Crippen molar-refractivity contribution in [2.75, 3.05) is 26.2 Å². The van der Waals surface area contributed by atoms with Gasteiger partial charge in [0.25, 0.3) is 0 Å². The molecule has 1 aromatic rings. The van der Waals surface area contributed by atoms with Gasteiger partial charge in [-0.2, -0.15) is 0 Å². The van der Waals surface area contributed by atoms with Gasteiger partial charge in [0.2, 0.25) is 0 Å². The van der Waals surface area contributed by atoms with E-state index < -0.39 is 0 Å². The zero-order valence-corrected chi connectivity index (χ0v) is 12.6. The predicted octanol–water partition coefficient (Wildman–Crippen LogP) is 3.55. The second-order valence-electron chi connectivity index (χ2n) is 5.68. The Kier molecular flexibility index (Phi) is 6.15. The number of nitrogens with zero attached hydrogens (tertiary/aromatic N) is 1. The molecule has 0 aliphatic carbocycles. The van der Waals surface area contributed by atoms with Gasteiger partial charge in [-0.15, -0.1) is 0 Å². The molecule has 0 atom stereocenters. The Morgan fingerprint density at radius 3 is 2.84 bits per heavy atom. The topological polar surface area (TPSA) is 15.3 Å². The normalized spacial score (nSPS) is 17.8. The predicted molar refractivity (Wildman–Crippen MR) is 82.6 cm³/mol. The number of likely N-dealkylation sites (tertiary alicyclic amines) is 1. The first-order valence-corrected chi connectivity index (χ1v) is 7.79. The van der Waals surface area contributed by atoms with Crippen molar-refractivity contribution in [3.63, 3.8) is 0 Å². The van der Waals surface area contributed by atoms with Gasteiger partial charge in [-0.3, -0.25) is 0 Å². The third-order valence-electron chi connectivity index (χ3n) is 3.92. The minimum absolute atomic E-state index is 0.821. The Morgan fingerprint density at radius 1 is 1.32 bits per heavy atom. The van der Waals surface area contributed by atoms with E-state index in [2.05, 4.69) is 23.2 Å². The molecule has 0 saturated carbocycles. The van der Waals surface area contributed by atoms with E-state index in [1.165, 1.54) is 44.5 Å². The molecule has 1 aliphatic rings. The molecule has 19 heavy (non-hydrogen) atoms. The lowest BCUT2D eigenvalue weighted by molar-refractivity contribution is 0.190. The Bertz CT molecular complexity index is 373. The van der Waals surface area contributed by atoms with Crippen molar-refractivity contribution >= 4 is 11.6 Å². The molecule has 0 unspecified atom stereocenters. The van der Waals surface area contributed by atoms with Gasteiger partial charge in [0.05, 0.1) is 0 Å². The van der Waals surface area contributed by atoms with Crippen LogP contribution in [-0.4, -0.2) is 31.1 Å². The summed E-state index contributed by atoms with van der Waals surface area (Å²) in [5.41, 5.74) is 1.26. The van der Waals surface area contributed by atoms with Gasteiger partial charge < -0.3 is 10.2 Å². The largest absolute Gasteiger partial charge is 0.313 e. The first-order chi connectivity index (χ1) is 9.24. The fourth-order valence-electron chi connectivity index (χ4n) is 2.59. The van der Waals surface area contributed by atoms with E-state index in [0.29, 0.717) is 0 Å². The SMILES string of the molecule is CC1CCN(CCCNCc2cccc(Cl)c2)CC1. The number of piperidine rings is 1. The van der Waals surface area contributed by atoms with Crippen molar-refractivity contribution in [1.29, 1.82) is 0 Å². The summed E-state index contributed by atoms with van der Waals surface area (Å²) in [5, 5.41) is 4.31. The van der Waals surface area contributed by atoms with E-state index >= 15 is 0 Å². The number of halogens is 1. The van der Waals surface area contributed by atoms with Crippen LogP contribution in [0.4, 0.5) is 0 Å². The smallest absolute Gasteiger partial charge is 0.0409 e. The van der Waals surface area contributed by atoms with Gasteiger partial charge in [0, 0.05) is 11.6 Å². The quantitative estimate of drug-likeness (QED) is 0.802. The van der Waals surface area contributed by atoms with Crippen LogP contribution in [0.25, 0.3) is 0 Å². The Hall–Kier alpha value is -0.570. The number of hydrogen-bond acceptors (Lipinski definition) is 2. The van der Waals surface area contributed by atoms with E-state index in [-0.39, 0.29) is 0 Å². The third-order valence-corrected chi connectivity index (χ3v) is 4.16. The molecule has 0 bridgehead atoms. The highest BCUT2D eigenvalue weighted by Crippen LogP contribution is 2.15. The molecule has 1 heterocycles. The van der Waals surface area contributed by atoms with Crippen molar-refractivity contribution in [1.82, 2.24) is 10.2 Å². The van der Waals surface area contributed by atoms with Gasteiger partial charge in [-0.1, -0.05) is 30.7 Å². The van der Waals surface area contributed by atoms with E-state index in [4.69, 9.17) is 11.6 Å². The lowest BCUT2D eigenvalue weighted by Crippen LogP contribution is -2.34. The lowest BCUT2D eigenvalue weighted by atomic mass is 9.99. The van der Waals surface area contributed by atoms with Crippen molar-refractivity contribution in [2.45, 2.75) is 32.7 Å². The van der Waals surface area contributed by atoms with E-state index in [0.717, 1.165) is 24.0 Å². The maximum absolute atomic E-state index is 5.96. The summed E-state index contributed by atoms with van der Waals surface area (Å²) in [6.45, 7) is 8.17. The van der Waals surface area contributed by atoms with Crippen LogP contribution >= 0.6 is 11.6 Å². The van der Waals surface area contributed by atoms with Crippen LogP contribution in [0.15, 0.2) is 24.3 Å². The Labute approximate surface area is 122 Å². The first kappa shape index (κ1) is 14.8. The van der Waals surface area contributed by atoms with Crippen LogP contribution in [0.3, 0.4) is 0 Å². The molecule has 1 aliphatic heterocycles. The summed E-state index contributed by atoms with van der Waals surface area (Å²) in [6.07, 6.45) is 3.97. The molecule has 0 amide bonds. The summed E-state index contributed by atoms with van der Waals surface area (Å²) in [4.78, 5) is 2.60. The van der Waals surface area contributed by atoms with Crippen LogP contribution in [-0.2, 0) is 6.54 Å². The monoisotopic (exact) mass is 280 g/mol. The van der Waals surface area contributed by atoms with E-state index in [1.54, 1.807) is 0 Å². The van der Waals surface area contributed by atoms with Crippen molar-refractivity contribution < 1.29 is 0 Å². The molecule has 2 nitrogen and oxygen atoms in total. The fraction of sp³-hybridized carbons (Fsp3) is 0.625. The van der Waals surface area contributed by atoms with Gasteiger partial charge in [-0.25, -0.2) is 0 Å². The van der Waals surface area contributed by atoms with Crippen LogP contribution < -0.4 is 5.32 Å². The molecule has 3 heteroatoms. The summed E-state index contributed by atoms with van der Waals surface area (Å²) >= 11 is 5.96. The van der Waals surface area contributed by atoms with E-state index in [1.807, 2.05) is 18.2 Å². The number of rotatable bonds is 6. The van der Waals surface area contributed by atoms with Crippen molar-refractivity contribution in [3.05, 3.63) is 34.9 Å². The van der Waals surface area contributed by atoms with Crippen molar-refractivity contribution in [3.8, 4) is 0 Å². The third kappa shape index (κ3) is 5.52. The standard InChI is InChI=1S/C16H25ClN2/c1-14-6-10-19(11-7-14)9-3-8-18-13-15-4-2-5-16(17)12-15/h2,4-5,12,14,18H,3,6-11,13H2,1H3. The highest BCUT2D eigenvalue weighted by atomic mass is 35.5. The summed E-state index contributed by atoms with van der Waals surface area (Å²) in [7, 11) is 0. The van der Waals surface area contributed by atoms with Gasteiger partial charge in [0.15, 0.2) is 0 Å². The average Bonchev–Trinajstić information content (AvgIpc) is 2.41. The molecular weight excluding hydrogens is 256 g/mol. The summed E-state index contributed by atoms with van der Waals surface area (Å²) < 4.78 is 0. The molecule has 0 aromatic heterocycles. The molecule has 106 valence electrons. The molecular formula is C16H25ClN2. The minimum atomic E-state index is 0.821. The van der Waals surface area contributed by atoms with Crippen LogP contribution in [0, 0.1) is 5.92 Å². The first-order valence-electron chi connectivity index (χ1n) is 7.41. The molecule has 2 rings (SSSR count). The van der Waals surface area contributed by atoms with Gasteiger partial charge in [0.1, 0.15) is 0 Å². The molecule has 1 fully saturated rings. The zero-order chi connectivity index (χ0) is 13.5. The zero-order valence-electron chi connectivity index (χ0n) is 11.9. The number of hydrogen-bond donors (Lipinski definition) is 1. The maximum atomic E-state index is 5.96. The number of benzene rings is 1. The maximum Gasteiger partial charge on any atom is 0.0409 e. The van der Waals surface area contributed by atoms with E-state index in [9.17, 15) is 0 Å². The molecule has 0 radical (unpaired) electrons. The van der Waals surface area contributed by atoms with Crippen molar-refractivity contribution in [2.24, 2.45) is 5.92 Å². The van der Waals surface area contributed by atoms with Crippen LogP contribution in [0.1, 0.15) is 31.7 Å². The highest BCUT2D eigenvalue weighted by molar-refractivity contribution is 6.30. The molecule has 1 aromatic carbocycles. The lowest BCUT2D eigenvalue weighted by Gasteiger charge is -2.30. The Morgan fingerprint density at radius 2 is 2.11 bits per heavy atom. The second kappa shape index (κ2) is 7.88. The van der Waals surface area contributed by atoms with Crippen LogP contribution in [0.5, 0.6) is 0 Å². The highest BCUT2D eigenvalue weighted by Gasteiger charge is 2.14. The van der Waals surface area contributed by atoms with Gasteiger partial charge >= 0.3 is 0 Å². The van der Waals surface area contributed by atoms with Gasteiger partial charge in [-0.05, 0) is 69.1 Å². The Balaban J connectivity index is 1.55. The molecule has 1 saturated heterocycles. The minimum Gasteiger partial charge on any atom is -0.313 e. The number of nitrogens with one attached hydrogen (secondary N) is 1. The summed E-state index contributed by atoms with van der Waals surface area (Å²) in [6, 6.07) is 8.07. The molecule has 1 N–H and O–H groups in total. The second-order valence-corrected chi connectivity index (χ2v) is 6.12. The fourth-order valence-corrected chi connectivity index (χ4v) is 2.81. The summed E-state index contributed by atoms with van der Waals surface area (Å²) in [5.74, 6) is 0.928.